The van der Waals surface area contributed by atoms with Crippen molar-refractivity contribution in [1.82, 2.24) is 20.6 Å². The molecule has 1 aromatic heterocycles. The van der Waals surface area contributed by atoms with Gasteiger partial charge in [0, 0.05) is 19.3 Å². The highest BCUT2D eigenvalue weighted by Crippen LogP contribution is 2.25. The average Bonchev–Trinajstić information content (AvgIpc) is 2.86. The van der Waals surface area contributed by atoms with Crippen LogP contribution in [0.2, 0.25) is 0 Å². The van der Waals surface area contributed by atoms with Crippen LogP contribution in [0.15, 0.2) is 12.4 Å². The molecule has 19 heavy (non-hydrogen) atoms. The zero-order chi connectivity index (χ0) is 13.8. The van der Waals surface area contributed by atoms with E-state index in [4.69, 9.17) is 0 Å². The molecule has 2 amide bonds. The summed E-state index contributed by atoms with van der Waals surface area (Å²) < 4.78 is 0. The Hall–Kier alpha value is -1.98. The predicted octanol–water partition coefficient (Wildman–Crippen LogP) is 0.430. The fraction of sp³-hybridized carbons (Fsp3) is 0.538. The van der Waals surface area contributed by atoms with Gasteiger partial charge in [0.1, 0.15) is 5.69 Å². The molecule has 102 valence electrons. The molecule has 0 aromatic carbocycles. The lowest BCUT2D eigenvalue weighted by atomic mass is 10.0. The molecule has 2 N–H and O–H groups in total. The molecule has 0 radical (unpaired) electrons. The van der Waals surface area contributed by atoms with Gasteiger partial charge in [-0.3, -0.25) is 14.6 Å². The molecule has 2 rings (SSSR count). The maximum Gasteiger partial charge on any atom is 0.271 e. The maximum absolute atomic E-state index is 12.0. The molecule has 6 heteroatoms. The summed E-state index contributed by atoms with van der Waals surface area (Å²) in [4.78, 5) is 31.8. The van der Waals surface area contributed by atoms with Gasteiger partial charge in [0.15, 0.2) is 0 Å². The Kier molecular flexibility index (Phi) is 4.09. The minimum atomic E-state index is -0.270. The smallest absolute Gasteiger partial charge is 0.271 e. The second kappa shape index (κ2) is 5.77. The van der Waals surface area contributed by atoms with E-state index in [9.17, 15) is 9.59 Å². The number of aryl methyl sites for hydroxylation is 1. The molecule has 1 saturated carbocycles. The zero-order valence-electron chi connectivity index (χ0n) is 11.1. The molecule has 1 heterocycles. The van der Waals surface area contributed by atoms with Gasteiger partial charge in [0.25, 0.3) is 5.91 Å². The number of nitrogens with one attached hydrogen (secondary N) is 2. The van der Waals surface area contributed by atoms with Crippen LogP contribution in [0.1, 0.15) is 35.4 Å². The number of amides is 2. The van der Waals surface area contributed by atoms with Crippen molar-refractivity contribution in [2.45, 2.75) is 32.2 Å². The zero-order valence-corrected chi connectivity index (χ0v) is 11.1. The SMILES string of the molecule is CNC(=O)[C@H]1CCC[C@H]1NC(=O)c1cnc(C)cn1. The molecule has 1 aliphatic rings. The minimum absolute atomic E-state index is 0.0159. The van der Waals surface area contributed by atoms with Crippen LogP contribution in [0.25, 0.3) is 0 Å². The second-order valence-electron chi connectivity index (χ2n) is 4.77. The number of aromatic nitrogens is 2. The maximum atomic E-state index is 12.0. The molecule has 0 unspecified atom stereocenters. The number of hydrogen-bond donors (Lipinski definition) is 2. The minimum Gasteiger partial charge on any atom is -0.359 e. The van der Waals surface area contributed by atoms with Crippen molar-refractivity contribution in [1.29, 1.82) is 0 Å². The Morgan fingerprint density at radius 2 is 2.05 bits per heavy atom. The van der Waals surface area contributed by atoms with E-state index in [1.807, 2.05) is 6.92 Å². The van der Waals surface area contributed by atoms with E-state index >= 15 is 0 Å². The summed E-state index contributed by atoms with van der Waals surface area (Å²) in [5.41, 5.74) is 1.05. The number of hydrogen-bond acceptors (Lipinski definition) is 4. The summed E-state index contributed by atoms with van der Waals surface area (Å²) in [5, 5.41) is 5.52. The van der Waals surface area contributed by atoms with Gasteiger partial charge in [-0.05, 0) is 19.8 Å². The van der Waals surface area contributed by atoms with Crippen LogP contribution >= 0.6 is 0 Å². The molecule has 0 bridgehead atoms. The Bertz CT molecular complexity index is 472. The third kappa shape index (κ3) is 3.07. The molecule has 0 spiro atoms. The molecule has 0 saturated heterocycles. The van der Waals surface area contributed by atoms with Crippen molar-refractivity contribution < 1.29 is 9.59 Å². The van der Waals surface area contributed by atoms with Crippen LogP contribution in [0.5, 0.6) is 0 Å². The third-order valence-corrected chi connectivity index (χ3v) is 3.43. The van der Waals surface area contributed by atoms with Crippen molar-refractivity contribution in [2.24, 2.45) is 5.92 Å². The number of carbonyl (C=O) groups excluding carboxylic acids is 2. The lowest BCUT2D eigenvalue weighted by Gasteiger charge is -2.19. The van der Waals surface area contributed by atoms with E-state index in [-0.39, 0.29) is 29.5 Å². The van der Waals surface area contributed by atoms with Crippen molar-refractivity contribution >= 4 is 11.8 Å². The average molecular weight is 262 g/mol. The van der Waals surface area contributed by atoms with E-state index in [1.54, 1.807) is 13.2 Å². The normalized spacial score (nSPS) is 22.0. The second-order valence-corrected chi connectivity index (χ2v) is 4.77. The summed E-state index contributed by atoms with van der Waals surface area (Å²) in [5.74, 6) is -0.432. The Morgan fingerprint density at radius 1 is 1.26 bits per heavy atom. The standard InChI is InChI=1S/C13H18N4O2/c1-8-6-16-11(7-15-8)13(19)17-10-5-3-4-9(10)12(18)14-2/h6-7,9-10H,3-5H2,1-2H3,(H,14,18)(H,17,19)/t9-,10+/m0/s1. The van der Waals surface area contributed by atoms with E-state index in [2.05, 4.69) is 20.6 Å². The Balaban J connectivity index is 2.02. The molecule has 1 fully saturated rings. The predicted molar refractivity (Wildman–Crippen MR) is 69.4 cm³/mol. The molecule has 6 nitrogen and oxygen atoms in total. The van der Waals surface area contributed by atoms with Gasteiger partial charge >= 0.3 is 0 Å². The lowest BCUT2D eigenvalue weighted by Crippen LogP contribution is -2.43. The first-order valence-electron chi connectivity index (χ1n) is 6.43. The number of nitrogens with zero attached hydrogens (tertiary/aromatic N) is 2. The first-order chi connectivity index (χ1) is 9.11. The summed E-state index contributed by atoms with van der Waals surface area (Å²) >= 11 is 0. The highest BCUT2D eigenvalue weighted by molar-refractivity contribution is 5.92. The molecule has 0 aliphatic heterocycles. The summed E-state index contributed by atoms with van der Waals surface area (Å²) in [7, 11) is 1.62. The van der Waals surface area contributed by atoms with Crippen LogP contribution in [-0.2, 0) is 4.79 Å². The van der Waals surface area contributed by atoms with Crippen LogP contribution < -0.4 is 10.6 Å². The van der Waals surface area contributed by atoms with E-state index in [0.29, 0.717) is 0 Å². The Labute approximate surface area is 112 Å². The number of rotatable bonds is 3. The van der Waals surface area contributed by atoms with Gasteiger partial charge in [0.05, 0.1) is 17.8 Å². The van der Waals surface area contributed by atoms with E-state index in [0.717, 1.165) is 25.0 Å². The summed E-state index contributed by atoms with van der Waals surface area (Å²) in [6.45, 7) is 1.81. The first-order valence-corrected chi connectivity index (χ1v) is 6.43. The van der Waals surface area contributed by atoms with E-state index in [1.165, 1.54) is 6.20 Å². The fourth-order valence-corrected chi connectivity index (χ4v) is 2.38. The van der Waals surface area contributed by atoms with Crippen LogP contribution in [-0.4, -0.2) is 34.9 Å². The molecular weight excluding hydrogens is 244 g/mol. The van der Waals surface area contributed by atoms with Gasteiger partial charge in [-0.2, -0.15) is 0 Å². The van der Waals surface area contributed by atoms with Crippen LogP contribution in [0.4, 0.5) is 0 Å². The number of carbonyl (C=O) groups is 2. The lowest BCUT2D eigenvalue weighted by molar-refractivity contribution is -0.124. The highest BCUT2D eigenvalue weighted by atomic mass is 16.2. The van der Waals surface area contributed by atoms with Crippen molar-refractivity contribution in [2.75, 3.05) is 7.05 Å². The monoisotopic (exact) mass is 262 g/mol. The van der Waals surface area contributed by atoms with Crippen molar-refractivity contribution in [3.8, 4) is 0 Å². The largest absolute Gasteiger partial charge is 0.359 e. The molecule has 2 atom stereocenters. The third-order valence-electron chi connectivity index (χ3n) is 3.43. The van der Waals surface area contributed by atoms with E-state index < -0.39 is 0 Å². The van der Waals surface area contributed by atoms with Gasteiger partial charge < -0.3 is 10.6 Å². The van der Waals surface area contributed by atoms with Crippen LogP contribution in [0, 0.1) is 12.8 Å². The molecular formula is C13H18N4O2. The summed E-state index contributed by atoms with van der Waals surface area (Å²) in [6, 6.07) is -0.115. The molecule has 1 aromatic rings. The van der Waals surface area contributed by atoms with Crippen LogP contribution in [0.3, 0.4) is 0 Å². The van der Waals surface area contributed by atoms with Gasteiger partial charge in [0.2, 0.25) is 5.91 Å². The van der Waals surface area contributed by atoms with Gasteiger partial charge in [-0.25, -0.2) is 4.98 Å². The Morgan fingerprint density at radius 3 is 2.68 bits per heavy atom. The fourth-order valence-electron chi connectivity index (χ4n) is 2.38. The van der Waals surface area contributed by atoms with Gasteiger partial charge in [-0.15, -0.1) is 0 Å². The van der Waals surface area contributed by atoms with Crippen molar-refractivity contribution in [3.05, 3.63) is 23.8 Å². The highest BCUT2D eigenvalue weighted by Gasteiger charge is 2.33. The topological polar surface area (TPSA) is 84.0 Å². The first kappa shape index (κ1) is 13.5. The quantitative estimate of drug-likeness (QED) is 0.827. The van der Waals surface area contributed by atoms with Crippen molar-refractivity contribution in [3.63, 3.8) is 0 Å². The molecule has 1 aliphatic carbocycles. The van der Waals surface area contributed by atoms with Gasteiger partial charge in [-0.1, -0.05) is 6.42 Å². The summed E-state index contributed by atoms with van der Waals surface area (Å²) in [6.07, 6.45) is 5.59.